The third kappa shape index (κ3) is 6.73. The average molecular weight is 835 g/mol. The Bertz CT molecular complexity index is 1800. The predicted octanol–water partition coefficient (Wildman–Crippen LogP) is 7.09. The summed E-state index contributed by atoms with van der Waals surface area (Å²) in [6.07, 6.45) is 0.193. The first kappa shape index (κ1) is 44.2. The minimum Gasteiger partial charge on any atom is -0.333 e. The van der Waals surface area contributed by atoms with Crippen LogP contribution in [0.5, 0.6) is 0 Å². The molecule has 0 aromatic heterocycles. The molecular formula is C34H22BF20N. The summed E-state index contributed by atoms with van der Waals surface area (Å²) >= 11 is 0. The van der Waals surface area contributed by atoms with Gasteiger partial charge < -0.3 is 4.90 Å². The van der Waals surface area contributed by atoms with Crippen LogP contribution in [0, 0.1) is 116 Å². The maximum absolute atomic E-state index is 15.4. The lowest BCUT2D eigenvalue weighted by molar-refractivity contribution is -0.923. The maximum Gasteiger partial charge on any atom is 0.200 e. The first-order chi connectivity index (χ1) is 26.1. The molecule has 0 spiro atoms. The van der Waals surface area contributed by atoms with Gasteiger partial charge in [0.15, 0.2) is 69.8 Å². The summed E-state index contributed by atoms with van der Waals surface area (Å²) in [6.45, 7) is 7.27. The van der Waals surface area contributed by atoms with E-state index in [0.29, 0.717) is 0 Å². The van der Waals surface area contributed by atoms with Crippen molar-refractivity contribution in [2.45, 2.75) is 52.0 Å². The lowest BCUT2D eigenvalue weighted by atomic mass is 9.12. The van der Waals surface area contributed by atoms with Crippen LogP contribution in [0.3, 0.4) is 0 Å². The zero-order valence-electron chi connectivity index (χ0n) is 28.2. The van der Waals surface area contributed by atoms with Gasteiger partial charge in [0.05, 0.1) is 19.1 Å². The molecule has 0 atom stereocenters. The van der Waals surface area contributed by atoms with Crippen LogP contribution in [0.15, 0.2) is 0 Å². The molecule has 22 heteroatoms. The highest BCUT2D eigenvalue weighted by atomic mass is 19.2. The molecule has 0 radical (unpaired) electrons. The van der Waals surface area contributed by atoms with Gasteiger partial charge in [-0.05, 0) is 39.5 Å². The fraction of sp³-hybridized carbons (Fsp3) is 0.294. The summed E-state index contributed by atoms with van der Waals surface area (Å²) in [6, 6.07) is 0.999. The third-order valence-electron chi connectivity index (χ3n) is 9.80. The monoisotopic (exact) mass is 835 g/mol. The molecular weight excluding hydrogens is 813 g/mol. The first-order valence-corrected chi connectivity index (χ1v) is 16.2. The molecule has 1 fully saturated rings. The molecule has 0 bridgehead atoms. The van der Waals surface area contributed by atoms with E-state index in [0.717, 1.165) is 6.04 Å². The van der Waals surface area contributed by atoms with Gasteiger partial charge in [0.25, 0.3) is 0 Å². The normalized spacial score (nSPS) is 13.8. The molecule has 1 N–H and O–H groups in total. The van der Waals surface area contributed by atoms with Crippen molar-refractivity contribution in [1.82, 2.24) is 0 Å². The van der Waals surface area contributed by atoms with Gasteiger partial charge in [0.2, 0.25) is 0 Å². The van der Waals surface area contributed by atoms with Crippen LogP contribution in [0.2, 0.25) is 0 Å². The van der Waals surface area contributed by atoms with Crippen molar-refractivity contribution < 1.29 is 92.7 Å². The zero-order valence-corrected chi connectivity index (χ0v) is 28.2. The Morgan fingerprint density at radius 1 is 0.321 bits per heavy atom. The highest BCUT2D eigenvalue weighted by molar-refractivity contribution is 7.20. The Kier molecular flexibility index (Phi) is 13.1. The topological polar surface area (TPSA) is 4.44 Å². The number of benzene rings is 4. The van der Waals surface area contributed by atoms with Crippen molar-refractivity contribution in [3.63, 3.8) is 0 Å². The molecule has 1 aliphatic rings. The number of halogens is 20. The molecule has 4 aromatic rings. The largest absolute Gasteiger partial charge is 0.333 e. The van der Waals surface area contributed by atoms with Crippen LogP contribution >= 0.6 is 0 Å². The summed E-state index contributed by atoms with van der Waals surface area (Å²) < 4.78 is 294. The van der Waals surface area contributed by atoms with Crippen molar-refractivity contribution in [3.05, 3.63) is 116 Å². The minimum absolute atomic E-state index is 0.999. The standard InChI is InChI=1S/C24BF20.C10H21N/c26-5-1(6(27)14(35)21(42)13(5)34)25(2-7(28)15(36)22(43)16(37)8(2)29,3-9(30)17(38)23(44)18(39)10(3)31)4-11(32)19(40)24(45)20(41)12(4)33;1-3-11(4-2)10-8-6-5-7-9-10/h;10H,3-9H2,1-2H3/q-1;/p+1. The van der Waals surface area contributed by atoms with E-state index in [1.165, 1.54) is 45.2 Å². The van der Waals surface area contributed by atoms with Crippen LogP contribution in [0.1, 0.15) is 46.0 Å². The average Bonchev–Trinajstić information content (AvgIpc) is 3.18. The molecule has 0 saturated heterocycles. The molecule has 306 valence electrons. The molecule has 56 heavy (non-hydrogen) atoms. The van der Waals surface area contributed by atoms with Gasteiger partial charge in [0.1, 0.15) is 52.7 Å². The van der Waals surface area contributed by atoms with E-state index in [1.54, 1.807) is 0 Å². The van der Waals surface area contributed by atoms with E-state index < -0.39 is 144 Å². The van der Waals surface area contributed by atoms with Gasteiger partial charge in [0, 0.05) is 0 Å². The van der Waals surface area contributed by atoms with Gasteiger partial charge >= 0.3 is 0 Å². The molecule has 0 unspecified atom stereocenters. The Morgan fingerprint density at radius 2 is 0.500 bits per heavy atom. The van der Waals surface area contributed by atoms with Gasteiger partial charge in [-0.2, -0.15) is 0 Å². The second-order valence-electron chi connectivity index (χ2n) is 12.5. The van der Waals surface area contributed by atoms with E-state index in [2.05, 4.69) is 13.8 Å². The highest BCUT2D eigenvalue weighted by Gasteiger charge is 2.52. The Hall–Kier alpha value is -4.50. The van der Waals surface area contributed by atoms with E-state index in [4.69, 9.17) is 0 Å². The van der Waals surface area contributed by atoms with E-state index in [1.807, 2.05) is 4.90 Å². The zero-order chi connectivity index (χ0) is 42.5. The molecule has 1 aliphatic carbocycles. The quantitative estimate of drug-likeness (QED) is 0.0879. The second-order valence-corrected chi connectivity index (χ2v) is 12.5. The van der Waals surface area contributed by atoms with Crippen LogP contribution in [0.4, 0.5) is 87.8 Å². The summed E-state index contributed by atoms with van der Waals surface area (Å²) in [7, 11) is 0. The van der Waals surface area contributed by atoms with E-state index >= 15 is 35.1 Å². The van der Waals surface area contributed by atoms with Crippen LogP contribution in [-0.4, -0.2) is 25.3 Å². The summed E-state index contributed by atoms with van der Waals surface area (Å²) in [5.41, 5.74) is -14.3. The first-order valence-electron chi connectivity index (χ1n) is 16.2. The molecule has 1 nitrogen and oxygen atoms in total. The SMILES string of the molecule is CC[NH+](CC)C1CCCCC1.Fc1c(F)c(F)c([B-](c2c(F)c(F)c(F)c(F)c2F)(c2c(F)c(F)c(F)c(F)c2F)c2c(F)c(F)c(F)c(F)c2F)c(F)c1F. The summed E-state index contributed by atoms with van der Waals surface area (Å²) in [4.78, 5) is 1.82. The smallest absolute Gasteiger partial charge is 0.200 e. The third-order valence-corrected chi connectivity index (χ3v) is 9.80. The van der Waals surface area contributed by atoms with Crippen molar-refractivity contribution in [3.8, 4) is 0 Å². The number of quaternary nitrogens is 1. The maximum atomic E-state index is 15.4. The number of rotatable bonds is 7. The highest BCUT2D eigenvalue weighted by Crippen LogP contribution is 2.30. The Labute approximate surface area is 302 Å². The van der Waals surface area contributed by atoms with E-state index in [9.17, 15) is 52.7 Å². The van der Waals surface area contributed by atoms with Crippen molar-refractivity contribution in [2.75, 3.05) is 13.1 Å². The number of nitrogens with one attached hydrogen (secondary N) is 1. The molecule has 5 rings (SSSR count). The van der Waals surface area contributed by atoms with Crippen LogP contribution in [-0.2, 0) is 0 Å². The second kappa shape index (κ2) is 16.5. The Balaban J connectivity index is 0.000000544. The van der Waals surface area contributed by atoms with Crippen LogP contribution < -0.4 is 26.8 Å². The van der Waals surface area contributed by atoms with Crippen molar-refractivity contribution >= 4 is 28.0 Å². The molecule has 4 aromatic carbocycles. The molecule has 0 aliphatic heterocycles. The van der Waals surface area contributed by atoms with Gasteiger partial charge in [-0.15, -0.1) is 21.9 Å². The fourth-order valence-corrected chi connectivity index (χ4v) is 7.21. The lowest BCUT2D eigenvalue weighted by Crippen LogP contribution is -3.15. The van der Waals surface area contributed by atoms with Gasteiger partial charge in [-0.25, -0.2) is 87.8 Å². The van der Waals surface area contributed by atoms with Crippen LogP contribution in [0.25, 0.3) is 0 Å². The number of hydrogen-bond acceptors (Lipinski definition) is 0. The van der Waals surface area contributed by atoms with E-state index in [-0.39, 0.29) is 0 Å². The number of hydrogen-bond donors (Lipinski definition) is 1. The van der Waals surface area contributed by atoms with Gasteiger partial charge in [-0.3, -0.25) is 0 Å². The summed E-state index contributed by atoms with van der Waals surface area (Å²) in [5.74, 6) is -71.4. The van der Waals surface area contributed by atoms with Gasteiger partial charge in [-0.1, -0.05) is 6.42 Å². The fourth-order valence-electron chi connectivity index (χ4n) is 7.21. The predicted molar refractivity (Wildman–Crippen MR) is 158 cm³/mol. The molecule has 0 heterocycles. The van der Waals surface area contributed by atoms with Crippen molar-refractivity contribution in [1.29, 1.82) is 0 Å². The lowest BCUT2D eigenvalue weighted by Gasteiger charge is -2.44. The molecule has 0 amide bonds. The Morgan fingerprint density at radius 3 is 0.679 bits per heavy atom. The minimum atomic E-state index is -7.22. The summed E-state index contributed by atoms with van der Waals surface area (Å²) in [5, 5.41) is 0. The van der Waals surface area contributed by atoms with Crippen molar-refractivity contribution in [2.24, 2.45) is 0 Å². The molecule has 1 saturated carbocycles.